The number of hydrogen-bond donors (Lipinski definition) is 1. The lowest BCUT2D eigenvalue weighted by Crippen LogP contribution is -2.19. The van der Waals surface area contributed by atoms with E-state index in [2.05, 4.69) is 24.3 Å². The van der Waals surface area contributed by atoms with Crippen molar-refractivity contribution in [3.05, 3.63) is 77.3 Å². The van der Waals surface area contributed by atoms with Crippen molar-refractivity contribution in [1.29, 1.82) is 0 Å². The molecule has 0 saturated heterocycles. The van der Waals surface area contributed by atoms with Gasteiger partial charge in [-0.1, -0.05) is 60.1 Å². The van der Waals surface area contributed by atoms with Crippen molar-refractivity contribution in [2.45, 2.75) is 6.04 Å². The maximum Gasteiger partial charge on any atom is 0.137 e. The molecule has 0 aliphatic rings. The molecule has 0 heterocycles. The molecule has 0 aromatic heterocycles. The average Bonchev–Trinajstić information content (AvgIpc) is 2.53. The minimum atomic E-state index is -0.189. The lowest BCUT2D eigenvalue weighted by Gasteiger charge is -2.15. The second-order valence-corrected chi connectivity index (χ2v) is 5.36. The molecule has 0 aliphatic carbocycles. The first-order valence-electron chi connectivity index (χ1n) is 6.85. The number of para-hydroxylation sites is 1. The summed E-state index contributed by atoms with van der Waals surface area (Å²) in [6, 6.07) is 21.7. The predicted octanol–water partition coefficient (Wildman–Crippen LogP) is 4.57. The normalized spacial score (nSPS) is 12.3. The molecule has 1 atom stereocenters. The van der Waals surface area contributed by atoms with Crippen molar-refractivity contribution in [2.75, 3.05) is 6.61 Å². The number of rotatable bonds is 4. The molecule has 0 radical (unpaired) electrons. The molecule has 106 valence electrons. The van der Waals surface area contributed by atoms with Crippen LogP contribution < -0.4 is 10.5 Å². The smallest absolute Gasteiger partial charge is 0.137 e. The van der Waals surface area contributed by atoms with Gasteiger partial charge in [0, 0.05) is 0 Å². The molecular weight excluding hydrogens is 282 g/mol. The van der Waals surface area contributed by atoms with Crippen molar-refractivity contribution in [3.8, 4) is 5.75 Å². The van der Waals surface area contributed by atoms with Gasteiger partial charge in [0.25, 0.3) is 0 Å². The van der Waals surface area contributed by atoms with Crippen LogP contribution in [0, 0.1) is 0 Å². The Morgan fingerprint density at radius 1 is 0.905 bits per heavy atom. The maximum atomic E-state index is 6.22. The highest BCUT2D eigenvalue weighted by Gasteiger charge is 2.09. The van der Waals surface area contributed by atoms with Gasteiger partial charge < -0.3 is 10.5 Å². The molecule has 21 heavy (non-hydrogen) atoms. The highest BCUT2D eigenvalue weighted by atomic mass is 35.5. The Balaban J connectivity index is 1.75. The SMILES string of the molecule is NC(COc1ccccc1Cl)c1ccc2ccccc2c1. The molecule has 2 N–H and O–H groups in total. The lowest BCUT2D eigenvalue weighted by atomic mass is 10.0. The van der Waals surface area contributed by atoms with E-state index < -0.39 is 0 Å². The zero-order valence-electron chi connectivity index (χ0n) is 11.5. The quantitative estimate of drug-likeness (QED) is 0.765. The molecule has 0 bridgehead atoms. The van der Waals surface area contributed by atoms with Crippen molar-refractivity contribution in [3.63, 3.8) is 0 Å². The minimum Gasteiger partial charge on any atom is -0.490 e. The van der Waals surface area contributed by atoms with Gasteiger partial charge in [0.2, 0.25) is 0 Å². The van der Waals surface area contributed by atoms with Crippen molar-refractivity contribution in [1.82, 2.24) is 0 Å². The van der Waals surface area contributed by atoms with Gasteiger partial charge >= 0.3 is 0 Å². The van der Waals surface area contributed by atoms with Crippen LogP contribution in [0.3, 0.4) is 0 Å². The molecule has 0 amide bonds. The third-order valence-electron chi connectivity index (χ3n) is 3.46. The topological polar surface area (TPSA) is 35.2 Å². The van der Waals surface area contributed by atoms with Crippen LogP contribution in [0.5, 0.6) is 5.75 Å². The van der Waals surface area contributed by atoms with Crippen LogP contribution in [0.1, 0.15) is 11.6 Å². The number of benzene rings is 3. The lowest BCUT2D eigenvalue weighted by molar-refractivity contribution is 0.291. The van der Waals surface area contributed by atoms with E-state index in [0.29, 0.717) is 17.4 Å². The van der Waals surface area contributed by atoms with Crippen LogP contribution in [-0.2, 0) is 0 Å². The third-order valence-corrected chi connectivity index (χ3v) is 3.77. The number of ether oxygens (including phenoxy) is 1. The van der Waals surface area contributed by atoms with Gasteiger partial charge in [-0.3, -0.25) is 0 Å². The molecule has 3 aromatic carbocycles. The van der Waals surface area contributed by atoms with E-state index in [1.54, 1.807) is 6.07 Å². The summed E-state index contributed by atoms with van der Waals surface area (Å²) < 4.78 is 5.71. The summed E-state index contributed by atoms with van der Waals surface area (Å²) in [4.78, 5) is 0. The molecule has 0 spiro atoms. The summed E-state index contributed by atoms with van der Waals surface area (Å²) in [5.74, 6) is 0.662. The summed E-state index contributed by atoms with van der Waals surface area (Å²) in [6.07, 6.45) is 0. The Kier molecular flexibility index (Phi) is 4.09. The highest BCUT2D eigenvalue weighted by Crippen LogP contribution is 2.25. The van der Waals surface area contributed by atoms with Crippen molar-refractivity contribution < 1.29 is 4.74 Å². The van der Waals surface area contributed by atoms with Crippen LogP contribution in [-0.4, -0.2) is 6.61 Å². The molecule has 0 aliphatic heterocycles. The first kappa shape index (κ1) is 13.9. The number of halogens is 1. The summed E-state index contributed by atoms with van der Waals surface area (Å²) in [7, 11) is 0. The predicted molar refractivity (Wildman–Crippen MR) is 87.8 cm³/mol. The summed E-state index contributed by atoms with van der Waals surface area (Å²) >= 11 is 6.07. The van der Waals surface area contributed by atoms with Crippen LogP contribution in [0.4, 0.5) is 0 Å². The maximum absolute atomic E-state index is 6.22. The van der Waals surface area contributed by atoms with E-state index in [0.717, 1.165) is 5.56 Å². The number of hydrogen-bond acceptors (Lipinski definition) is 2. The molecule has 3 aromatic rings. The molecule has 3 heteroatoms. The minimum absolute atomic E-state index is 0.189. The summed E-state index contributed by atoms with van der Waals surface area (Å²) in [5, 5.41) is 2.99. The van der Waals surface area contributed by atoms with Crippen molar-refractivity contribution >= 4 is 22.4 Å². The zero-order valence-corrected chi connectivity index (χ0v) is 12.3. The average molecular weight is 298 g/mol. The van der Waals surface area contributed by atoms with Gasteiger partial charge in [0.1, 0.15) is 12.4 Å². The van der Waals surface area contributed by atoms with Gasteiger partial charge in [0.05, 0.1) is 11.1 Å². The second-order valence-electron chi connectivity index (χ2n) is 4.95. The van der Waals surface area contributed by atoms with Gasteiger partial charge in [-0.2, -0.15) is 0 Å². The monoisotopic (exact) mass is 297 g/mol. The molecule has 3 rings (SSSR count). The van der Waals surface area contributed by atoms with E-state index in [9.17, 15) is 0 Å². The van der Waals surface area contributed by atoms with Crippen molar-refractivity contribution in [2.24, 2.45) is 5.73 Å². The molecule has 0 saturated carbocycles. The Labute approximate surface area is 129 Å². The molecule has 1 unspecified atom stereocenters. The van der Waals surface area contributed by atoms with Crippen LogP contribution in [0.25, 0.3) is 10.8 Å². The Morgan fingerprint density at radius 3 is 2.43 bits per heavy atom. The standard InChI is InChI=1S/C18H16ClNO/c19-16-7-3-4-8-18(16)21-12-17(20)15-10-9-13-5-1-2-6-14(13)11-15/h1-11,17H,12,20H2. The Morgan fingerprint density at radius 2 is 1.62 bits per heavy atom. The van der Waals surface area contributed by atoms with E-state index >= 15 is 0 Å². The van der Waals surface area contributed by atoms with E-state index in [1.165, 1.54) is 10.8 Å². The highest BCUT2D eigenvalue weighted by molar-refractivity contribution is 6.32. The molecule has 2 nitrogen and oxygen atoms in total. The molecular formula is C18H16ClNO. The first-order valence-corrected chi connectivity index (χ1v) is 7.23. The zero-order chi connectivity index (χ0) is 14.7. The molecule has 0 fully saturated rings. The number of fused-ring (bicyclic) bond motifs is 1. The van der Waals surface area contributed by atoms with Gasteiger partial charge in [0.15, 0.2) is 0 Å². The van der Waals surface area contributed by atoms with Crippen LogP contribution in [0.15, 0.2) is 66.7 Å². The van der Waals surface area contributed by atoms with E-state index in [4.69, 9.17) is 22.1 Å². The summed E-state index contributed by atoms with van der Waals surface area (Å²) in [6.45, 7) is 0.391. The van der Waals surface area contributed by atoms with E-state index in [-0.39, 0.29) is 6.04 Å². The van der Waals surface area contributed by atoms with Crippen LogP contribution in [0.2, 0.25) is 5.02 Å². The summed E-state index contributed by atoms with van der Waals surface area (Å²) in [5.41, 5.74) is 7.27. The first-order chi connectivity index (χ1) is 10.2. The second kappa shape index (κ2) is 6.17. The van der Waals surface area contributed by atoms with E-state index in [1.807, 2.05) is 36.4 Å². The van der Waals surface area contributed by atoms with Crippen LogP contribution >= 0.6 is 11.6 Å². The Bertz CT molecular complexity index is 757. The van der Waals surface area contributed by atoms with Gasteiger partial charge in [-0.05, 0) is 34.5 Å². The number of nitrogens with two attached hydrogens (primary N) is 1. The van der Waals surface area contributed by atoms with Gasteiger partial charge in [-0.25, -0.2) is 0 Å². The fourth-order valence-electron chi connectivity index (χ4n) is 2.28. The largest absolute Gasteiger partial charge is 0.490 e. The third kappa shape index (κ3) is 3.18. The fraction of sp³-hybridized carbons (Fsp3) is 0.111. The van der Waals surface area contributed by atoms with Gasteiger partial charge in [-0.15, -0.1) is 0 Å². The fourth-order valence-corrected chi connectivity index (χ4v) is 2.47. The Hall–Kier alpha value is -2.03.